The zero-order chi connectivity index (χ0) is 19.9. The lowest BCUT2D eigenvalue weighted by molar-refractivity contribution is 0.415. The van der Waals surface area contributed by atoms with Crippen LogP contribution in [0.4, 0.5) is 0 Å². The average Bonchev–Trinajstić information content (AvgIpc) is 3.34. The Morgan fingerprint density at radius 3 is 2.68 bits per heavy atom. The van der Waals surface area contributed by atoms with Crippen molar-refractivity contribution in [2.45, 2.75) is 32.9 Å². The molecule has 0 saturated heterocycles. The molecule has 2 heterocycles. The highest BCUT2D eigenvalue weighted by molar-refractivity contribution is 7.11. The summed E-state index contributed by atoms with van der Waals surface area (Å²) >= 11 is 1.83. The molecule has 0 spiro atoms. The Labute approximate surface area is 169 Å². The summed E-state index contributed by atoms with van der Waals surface area (Å²) in [7, 11) is 3.41. The molecule has 28 heavy (non-hydrogen) atoms. The Balaban J connectivity index is 1.52. The molecule has 1 aromatic carbocycles. The molecule has 3 aromatic rings. The lowest BCUT2D eigenvalue weighted by Gasteiger charge is -2.16. The second kappa shape index (κ2) is 9.36. The maximum atomic E-state index is 5.18. The van der Waals surface area contributed by atoms with E-state index in [1.807, 2.05) is 35.6 Å². The number of nitrogens with zero attached hydrogens (tertiary/aromatic N) is 3. The summed E-state index contributed by atoms with van der Waals surface area (Å²) < 4.78 is 5.18. The number of H-pyrrole nitrogens is 1. The van der Waals surface area contributed by atoms with Crippen molar-refractivity contribution in [3.63, 3.8) is 0 Å². The number of rotatable bonds is 7. The van der Waals surface area contributed by atoms with Gasteiger partial charge in [0, 0.05) is 34.8 Å². The molecular weight excluding hydrogens is 372 g/mol. The zero-order valence-corrected chi connectivity index (χ0v) is 17.4. The highest BCUT2D eigenvalue weighted by atomic mass is 32.1. The molecule has 0 aliphatic carbocycles. The predicted molar refractivity (Wildman–Crippen MR) is 114 cm³/mol. The fourth-order valence-corrected chi connectivity index (χ4v) is 3.81. The molecule has 3 rings (SSSR count). The Morgan fingerprint density at radius 1 is 1.25 bits per heavy atom. The van der Waals surface area contributed by atoms with Gasteiger partial charge in [-0.05, 0) is 50.2 Å². The molecule has 0 saturated carbocycles. The first-order valence-electron chi connectivity index (χ1n) is 9.15. The Morgan fingerprint density at radius 2 is 2.04 bits per heavy atom. The summed E-state index contributed by atoms with van der Waals surface area (Å²) in [5.41, 5.74) is 0.936. The molecule has 148 valence electrons. The van der Waals surface area contributed by atoms with Gasteiger partial charge in [-0.1, -0.05) is 0 Å². The van der Waals surface area contributed by atoms with Crippen molar-refractivity contribution in [1.29, 1.82) is 0 Å². The van der Waals surface area contributed by atoms with Gasteiger partial charge in [0.2, 0.25) is 0 Å². The van der Waals surface area contributed by atoms with E-state index < -0.39 is 0 Å². The maximum Gasteiger partial charge on any atom is 0.191 e. The molecular formula is C20H26N6OS. The highest BCUT2D eigenvalue weighted by Crippen LogP contribution is 2.19. The summed E-state index contributed by atoms with van der Waals surface area (Å²) in [4.78, 5) is 11.5. The van der Waals surface area contributed by atoms with Crippen LogP contribution in [0.15, 0.2) is 41.4 Å². The fraction of sp³-hybridized carbons (Fsp3) is 0.350. The molecule has 1 atom stereocenters. The van der Waals surface area contributed by atoms with Crippen LogP contribution in [0.25, 0.3) is 11.4 Å². The molecule has 0 aliphatic rings. The van der Waals surface area contributed by atoms with Gasteiger partial charge in [0.1, 0.15) is 11.6 Å². The van der Waals surface area contributed by atoms with Gasteiger partial charge in [-0.25, -0.2) is 4.98 Å². The van der Waals surface area contributed by atoms with Crippen LogP contribution in [0.1, 0.15) is 22.5 Å². The zero-order valence-electron chi connectivity index (χ0n) is 16.6. The number of methoxy groups -OCH3 is 1. The van der Waals surface area contributed by atoms with Crippen LogP contribution in [-0.4, -0.2) is 41.3 Å². The number of benzene rings is 1. The van der Waals surface area contributed by atoms with E-state index in [9.17, 15) is 0 Å². The van der Waals surface area contributed by atoms with Crippen LogP contribution in [0.2, 0.25) is 0 Å². The summed E-state index contributed by atoms with van der Waals surface area (Å²) in [6.07, 6.45) is 0.961. The van der Waals surface area contributed by atoms with Crippen molar-refractivity contribution in [3.8, 4) is 17.1 Å². The van der Waals surface area contributed by atoms with Crippen LogP contribution in [0.3, 0.4) is 0 Å². The van der Waals surface area contributed by atoms with E-state index in [-0.39, 0.29) is 6.04 Å². The topological polar surface area (TPSA) is 87.2 Å². The van der Waals surface area contributed by atoms with Gasteiger partial charge >= 0.3 is 0 Å². The van der Waals surface area contributed by atoms with E-state index >= 15 is 0 Å². The number of thiophene rings is 1. The first-order chi connectivity index (χ1) is 13.6. The van der Waals surface area contributed by atoms with Crippen LogP contribution < -0.4 is 15.4 Å². The second-order valence-electron chi connectivity index (χ2n) is 6.52. The quantitative estimate of drug-likeness (QED) is 0.420. The molecule has 2 aromatic heterocycles. The number of hydrogen-bond acceptors (Lipinski definition) is 5. The van der Waals surface area contributed by atoms with Crippen LogP contribution in [0.5, 0.6) is 5.75 Å². The third-order valence-electron chi connectivity index (χ3n) is 4.21. The van der Waals surface area contributed by atoms with Gasteiger partial charge in [0.25, 0.3) is 0 Å². The average molecular weight is 399 g/mol. The highest BCUT2D eigenvalue weighted by Gasteiger charge is 2.10. The third-order valence-corrected chi connectivity index (χ3v) is 5.24. The number of ether oxygens (including phenoxy) is 1. The van der Waals surface area contributed by atoms with Crippen molar-refractivity contribution in [2.24, 2.45) is 4.99 Å². The molecule has 8 heteroatoms. The predicted octanol–water partition coefficient (Wildman–Crippen LogP) is 3.15. The molecule has 0 amide bonds. The first kappa shape index (κ1) is 19.9. The molecule has 0 bridgehead atoms. The van der Waals surface area contributed by atoms with Gasteiger partial charge < -0.3 is 15.4 Å². The van der Waals surface area contributed by atoms with Gasteiger partial charge in [-0.15, -0.1) is 11.3 Å². The van der Waals surface area contributed by atoms with Gasteiger partial charge in [0.15, 0.2) is 11.8 Å². The minimum Gasteiger partial charge on any atom is -0.497 e. The lowest BCUT2D eigenvalue weighted by atomic mass is 10.2. The Kier molecular flexibility index (Phi) is 6.65. The van der Waals surface area contributed by atoms with E-state index in [2.05, 4.69) is 56.8 Å². The van der Waals surface area contributed by atoms with Crippen molar-refractivity contribution in [2.75, 3.05) is 14.2 Å². The number of nitrogens with one attached hydrogen (secondary N) is 3. The first-order valence-corrected chi connectivity index (χ1v) is 9.97. The van der Waals surface area contributed by atoms with Gasteiger partial charge in [-0.3, -0.25) is 10.1 Å². The monoisotopic (exact) mass is 398 g/mol. The van der Waals surface area contributed by atoms with E-state index in [1.54, 1.807) is 14.2 Å². The number of aromatic amines is 1. The summed E-state index contributed by atoms with van der Waals surface area (Å²) in [6.45, 7) is 4.79. The van der Waals surface area contributed by atoms with E-state index in [4.69, 9.17) is 4.74 Å². The van der Waals surface area contributed by atoms with E-state index in [0.29, 0.717) is 12.4 Å². The lowest BCUT2D eigenvalue weighted by Crippen LogP contribution is -2.42. The number of hydrogen-bond donors (Lipinski definition) is 3. The van der Waals surface area contributed by atoms with E-state index in [1.165, 1.54) is 9.75 Å². The largest absolute Gasteiger partial charge is 0.497 e. The van der Waals surface area contributed by atoms with Crippen molar-refractivity contribution < 1.29 is 4.74 Å². The SMILES string of the molecule is CN=C(NCc1nc(-c2ccc(OC)cc2)n[nH]1)NC(C)Cc1ccc(C)s1. The minimum absolute atomic E-state index is 0.272. The van der Waals surface area contributed by atoms with Crippen LogP contribution in [0, 0.1) is 6.92 Å². The van der Waals surface area contributed by atoms with E-state index in [0.717, 1.165) is 29.5 Å². The molecule has 0 radical (unpaired) electrons. The Bertz CT molecular complexity index is 915. The van der Waals surface area contributed by atoms with Crippen molar-refractivity contribution >= 4 is 17.3 Å². The smallest absolute Gasteiger partial charge is 0.191 e. The Hall–Kier alpha value is -2.87. The second-order valence-corrected chi connectivity index (χ2v) is 7.89. The molecule has 0 aliphatic heterocycles. The normalized spacial score (nSPS) is 12.6. The van der Waals surface area contributed by atoms with Crippen molar-refractivity contribution in [1.82, 2.24) is 25.8 Å². The van der Waals surface area contributed by atoms with Crippen LogP contribution >= 0.6 is 11.3 Å². The standard InChI is InChI=1S/C20H26N6OS/c1-13(11-17-10-5-14(2)28-17)23-20(21-3)22-12-18-24-19(26-25-18)15-6-8-16(27-4)9-7-15/h5-10,13H,11-12H2,1-4H3,(H2,21,22,23)(H,24,25,26). The van der Waals surface area contributed by atoms with Gasteiger partial charge in [-0.2, -0.15) is 5.10 Å². The number of aromatic nitrogens is 3. The molecule has 1 unspecified atom stereocenters. The van der Waals surface area contributed by atoms with Crippen molar-refractivity contribution in [3.05, 3.63) is 52.0 Å². The van der Waals surface area contributed by atoms with Crippen LogP contribution in [-0.2, 0) is 13.0 Å². The summed E-state index contributed by atoms with van der Waals surface area (Å²) in [6, 6.07) is 12.3. The minimum atomic E-state index is 0.272. The fourth-order valence-electron chi connectivity index (χ4n) is 2.79. The molecule has 3 N–H and O–H groups in total. The maximum absolute atomic E-state index is 5.18. The molecule has 0 fully saturated rings. The van der Waals surface area contributed by atoms with Gasteiger partial charge in [0.05, 0.1) is 13.7 Å². The summed E-state index contributed by atoms with van der Waals surface area (Å²) in [5.74, 6) is 2.95. The number of aryl methyl sites for hydroxylation is 1. The number of guanidine groups is 1. The number of aliphatic imine (C=N–C) groups is 1. The summed E-state index contributed by atoms with van der Waals surface area (Å²) in [5, 5.41) is 14.0. The third kappa shape index (κ3) is 5.32. The molecule has 7 nitrogen and oxygen atoms in total.